The number of rotatable bonds is 2. The molecule has 0 unspecified atom stereocenters. The van der Waals surface area contributed by atoms with Crippen LogP contribution in [0.1, 0.15) is 0 Å². The number of fused-ring (bicyclic) bond motifs is 1. The molecule has 0 saturated carbocycles. The molecule has 7 heteroatoms. The number of H-pyrrole nitrogens is 2. The average molecular weight is 242 g/mol. The molecule has 0 fully saturated rings. The Morgan fingerprint density at radius 1 is 1.39 bits per heavy atom. The van der Waals surface area contributed by atoms with Crippen molar-refractivity contribution in [2.24, 2.45) is 0 Å². The van der Waals surface area contributed by atoms with Crippen molar-refractivity contribution in [3.63, 3.8) is 0 Å². The van der Waals surface area contributed by atoms with Gasteiger partial charge in [-0.15, -0.1) is 0 Å². The fraction of sp³-hybridized carbons (Fsp3) is 0.0909. The van der Waals surface area contributed by atoms with Crippen LogP contribution in [-0.4, -0.2) is 31.7 Å². The Morgan fingerprint density at radius 2 is 2.28 bits per heavy atom. The van der Waals surface area contributed by atoms with Crippen molar-refractivity contribution in [3.05, 3.63) is 41.0 Å². The maximum absolute atomic E-state index is 11.7. The van der Waals surface area contributed by atoms with Crippen LogP contribution in [0, 0.1) is 5.41 Å². The number of aromatic nitrogens is 4. The summed E-state index contributed by atoms with van der Waals surface area (Å²) in [7, 11) is 0. The summed E-state index contributed by atoms with van der Waals surface area (Å²) in [5.41, 5.74) is 0.807. The number of anilines is 1. The molecule has 1 atom stereocenters. The summed E-state index contributed by atoms with van der Waals surface area (Å²) in [4.78, 5) is 25.1. The molecule has 0 saturated heterocycles. The lowest BCUT2D eigenvalue weighted by Crippen LogP contribution is -2.28. The molecule has 3 rings (SSSR count). The minimum Gasteiger partial charge on any atom is -0.344 e. The van der Waals surface area contributed by atoms with Crippen molar-refractivity contribution in [2.75, 3.05) is 5.32 Å². The maximum Gasteiger partial charge on any atom is 0.278 e. The lowest BCUT2D eigenvalue weighted by Gasteiger charge is -2.16. The molecule has 0 radical (unpaired) electrons. The van der Waals surface area contributed by atoms with Gasteiger partial charge in [-0.2, -0.15) is 4.98 Å². The largest absolute Gasteiger partial charge is 0.344 e. The van der Waals surface area contributed by atoms with Gasteiger partial charge in [0, 0.05) is 0 Å². The molecule has 1 aliphatic rings. The first kappa shape index (κ1) is 10.5. The summed E-state index contributed by atoms with van der Waals surface area (Å²) in [5, 5.41) is 10.7. The Kier molecular flexibility index (Phi) is 2.30. The van der Waals surface area contributed by atoms with Gasteiger partial charge in [-0.3, -0.25) is 9.78 Å². The second-order valence-electron chi connectivity index (χ2n) is 3.84. The van der Waals surface area contributed by atoms with Crippen LogP contribution in [0.2, 0.25) is 0 Å². The van der Waals surface area contributed by atoms with Crippen LogP contribution in [-0.2, 0) is 0 Å². The lowest BCUT2D eigenvalue weighted by atomic mass is 10.1. The third kappa shape index (κ3) is 1.71. The Labute approximate surface area is 101 Å². The summed E-state index contributed by atoms with van der Waals surface area (Å²) in [6, 6.07) is -0.297. The van der Waals surface area contributed by atoms with E-state index in [1.807, 2.05) is 12.2 Å². The van der Waals surface area contributed by atoms with Gasteiger partial charge in [0.25, 0.3) is 5.56 Å². The van der Waals surface area contributed by atoms with Gasteiger partial charge in [0.2, 0.25) is 5.95 Å². The molecule has 2 aromatic heterocycles. The fourth-order valence-electron chi connectivity index (χ4n) is 1.73. The Bertz CT molecular complexity index is 722. The maximum atomic E-state index is 11.7. The van der Waals surface area contributed by atoms with E-state index in [1.54, 1.807) is 12.2 Å². The third-order valence-electron chi connectivity index (χ3n) is 2.61. The van der Waals surface area contributed by atoms with Crippen LogP contribution < -0.4 is 10.9 Å². The predicted octanol–water partition coefficient (Wildman–Crippen LogP) is 0.572. The van der Waals surface area contributed by atoms with Crippen LogP contribution in [0.4, 0.5) is 5.95 Å². The SMILES string of the molecule is N=C1C=CC=C[C@@H]1Nc1nc2nc[nH]c2c(=O)[nH]1. The number of allylic oxidation sites excluding steroid dienone is 2. The van der Waals surface area contributed by atoms with Crippen LogP contribution in [0.15, 0.2) is 35.4 Å². The zero-order valence-corrected chi connectivity index (χ0v) is 9.27. The highest BCUT2D eigenvalue weighted by molar-refractivity contribution is 6.01. The topological polar surface area (TPSA) is 110 Å². The minimum atomic E-state index is -0.297. The zero-order chi connectivity index (χ0) is 12.5. The number of nitrogens with one attached hydrogen (secondary N) is 4. The lowest BCUT2D eigenvalue weighted by molar-refractivity contribution is 1.05. The molecule has 4 N–H and O–H groups in total. The van der Waals surface area contributed by atoms with Crippen molar-refractivity contribution in [2.45, 2.75) is 6.04 Å². The smallest absolute Gasteiger partial charge is 0.278 e. The molecule has 0 bridgehead atoms. The Balaban J connectivity index is 1.95. The van der Waals surface area contributed by atoms with E-state index in [9.17, 15) is 4.79 Å². The van der Waals surface area contributed by atoms with Gasteiger partial charge in [-0.25, -0.2) is 4.98 Å². The van der Waals surface area contributed by atoms with Crippen molar-refractivity contribution < 1.29 is 0 Å². The van der Waals surface area contributed by atoms with Gasteiger partial charge in [-0.1, -0.05) is 18.2 Å². The average Bonchev–Trinajstić information content (AvgIpc) is 2.81. The molecule has 18 heavy (non-hydrogen) atoms. The second-order valence-corrected chi connectivity index (χ2v) is 3.84. The number of nitrogens with zero attached hydrogens (tertiary/aromatic N) is 2. The quantitative estimate of drug-likeness (QED) is 0.617. The predicted molar refractivity (Wildman–Crippen MR) is 67.9 cm³/mol. The molecule has 0 aromatic carbocycles. The van der Waals surface area contributed by atoms with E-state index in [0.717, 1.165) is 0 Å². The highest BCUT2D eigenvalue weighted by Crippen LogP contribution is 2.08. The molecule has 0 spiro atoms. The van der Waals surface area contributed by atoms with E-state index in [2.05, 4.69) is 25.3 Å². The summed E-state index contributed by atoms with van der Waals surface area (Å²) in [6.07, 6.45) is 8.54. The van der Waals surface area contributed by atoms with E-state index >= 15 is 0 Å². The number of hydrogen-bond acceptors (Lipinski definition) is 5. The van der Waals surface area contributed by atoms with Gasteiger partial charge in [0.1, 0.15) is 0 Å². The van der Waals surface area contributed by atoms with Gasteiger partial charge in [0.05, 0.1) is 18.1 Å². The van der Waals surface area contributed by atoms with Gasteiger partial charge in [0.15, 0.2) is 11.2 Å². The molecule has 90 valence electrons. The molecular formula is C11H10N6O. The molecule has 7 nitrogen and oxygen atoms in total. The molecule has 0 amide bonds. The van der Waals surface area contributed by atoms with Crippen LogP contribution in [0.5, 0.6) is 0 Å². The van der Waals surface area contributed by atoms with Crippen molar-refractivity contribution in [3.8, 4) is 0 Å². The summed E-state index contributed by atoms with van der Waals surface area (Å²) in [6.45, 7) is 0. The van der Waals surface area contributed by atoms with E-state index in [1.165, 1.54) is 6.33 Å². The van der Waals surface area contributed by atoms with Crippen LogP contribution in [0.3, 0.4) is 0 Å². The Morgan fingerprint density at radius 3 is 3.11 bits per heavy atom. The molecule has 0 aliphatic heterocycles. The van der Waals surface area contributed by atoms with Crippen molar-refractivity contribution in [1.29, 1.82) is 5.41 Å². The summed E-state index contributed by atoms with van der Waals surface area (Å²) < 4.78 is 0. The first-order chi connectivity index (χ1) is 8.74. The highest BCUT2D eigenvalue weighted by Gasteiger charge is 2.13. The normalized spacial score (nSPS) is 18.4. The zero-order valence-electron chi connectivity index (χ0n) is 9.27. The minimum absolute atomic E-state index is 0.290. The first-order valence-electron chi connectivity index (χ1n) is 5.37. The van der Waals surface area contributed by atoms with E-state index in [-0.39, 0.29) is 11.6 Å². The number of hydrogen-bond donors (Lipinski definition) is 4. The van der Waals surface area contributed by atoms with Gasteiger partial charge >= 0.3 is 0 Å². The van der Waals surface area contributed by atoms with E-state index in [4.69, 9.17) is 5.41 Å². The van der Waals surface area contributed by atoms with E-state index < -0.39 is 0 Å². The van der Waals surface area contributed by atoms with Crippen molar-refractivity contribution in [1.82, 2.24) is 19.9 Å². The monoisotopic (exact) mass is 242 g/mol. The third-order valence-corrected chi connectivity index (χ3v) is 2.61. The van der Waals surface area contributed by atoms with Gasteiger partial charge in [-0.05, 0) is 6.08 Å². The number of aromatic amines is 2. The fourth-order valence-corrected chi connectivity index (χ4v) is 1.73. The standard InChI is InChI=1S/C11H10N6O/c12-6-3-1-2-4-7(6)15-11-16-9-8(10(18)17-11)13-5-14-9/h1-5,7,12H,(H3,13,14,15,16,17,18)/t7-/m0/s1. The molecule has 1 aliphatic carbocycles. The molecule has 2 aromatic rings. The van der Waals surface area contributed by atoms with Gasteiger partial charge < -0.3 is 15.7 Å². The summed E-state index contributed by atoms with van der Waals surface area (Å²) in [5.74, 6) is 0.300. The highest BCUT2D eigenvalue weighted by atomic mass is 16.1. The molecular weight excluding hydrogens is 232 g/mol. The Hall–Kier alpha value is -2.70. The van der Waals surface area contributed by atoms with Crippen LogP contribution in [0.25, 0.3) is 11.2 Å². The first-order valence-corrected chi connectivity index (χ1v) is 5.37. The van der Waals surface area contributed by atoms with Crippen LogP contribution >= 0.6 is 0 Å². The van der Waals surface area contributed by atoms with E-state index in [0.29, 0.717) is 22.8 Å². The van der Waals surface area contributed by atoms with Crippen molar-refractivity contribution >= 4 is 22.8 Å². The number of imidazole rings is 1. The summed E-state index contributed by atoms with van der Waals surface area (Å²) >= 11 is 0. The molecule has 2 heterocycles. The second kappa shape index (κ2) is 3.95.